The van der Waals surface area contributed by atoms with Crippen LogP contribution in [0.4, 0.5) is 0 Å². The first-order valence-corrected chi connectivity index (χ1v) is 9.06. The van der Waals surface area contributed by atoms with Gasteiger partial charge in [-0.15, -0.1) is 0 Å². The van der Waals surface area contributed by atoms with Gasteiger partial charge in [-0.2, -0.15) is 0 Å². The lowest BCUT2D eigenvalue weighted by Gasteiger charge is -2.19. The number of aliphatic hydroxyl groups is 2. The van der Waals surface area contributed by atoms with E-state index < -0.39 is 36.2 Å². The summed E-state index contributed by atoms with van der Waals surface area (Å²) in [6, 6.07) is 0. The predicted octanol–water partition coefficient (Wildman–Crippen LogP) is 0.380. The molecule has 0 aliphatic rings. The van der Waals surface area contributed by atoms with Gasteiger partial charge in [-0.1, -0.05) is 13.2 Å². The standard InChI is InChI=1S/C20H30O10/c1-12(2)19(25)29-9-15(21)7-27-11-17(6-14(5)18(23)24)28-8-16(22)10-30-20(26)13(3)4/h6,15-17,21-22H,1,3,7-11H2,2,4-5H3,(H,23,24). The molecule has 0 aliphatic carbocycles. The molecule has 0 saturated heterocycles. The summed E-state index contributed by atoms with van der Waals surface area (Å²) in [6.07, 6.45) is -1.84. The zero-order valence-corrected chi connectivity index (χ0v) is 17.5. The van der Waals surface area contributed by atoms with E-state index in [9.17, 15) is 24.6 Å². The molecular formula is C20H30O10. The third-order valence-electron chi connectivity index (χ3n) is 3.38. The Morgan fingerprint density at radius 2 is 1.30 bits per heavy atom. The van der Waals surface area contributed by atoms with Crippen LogP contribution >= 0.6 is 0 Å². The molecule has 10 nitrogen and oxygen atoms in total. The molecule has 3 N–H and O–H groups in total. The minimum Gasteiger partial charge on any atom is -0.478 e. The van der Waals surface area contributed by atoms with E-state index in [-0.39, 0.29) is 49.8 Å². The average Bonchev–Trinajstić information content (AvgIpc) is 2.67. The van der Waals surface area contributed by atoms with E-state index in [1.54, 1.807) is 0 Å². The smallest absolute Gasteiger partial charge is 0.333 e. The number of carbonyl (C=O) groups is 3. The molecule has 30 heavy (non-hydrogen) atoms. The van der Waals surface area contributed by atoms with Crippen LogP contribution in [0.15, 0.2) is 36.0 Å². The number of rotatable bonds is 15. The van der Waals surface area contributed by atoms with Crippen LogP contribution in [0, 0.1) is 0 Å². The maximum Gasteiger partial charge on any atom is 0.333 e. The van der Waals surface area contributed by atoms with Crippen molar-refractivity contribution < 1.29 is 48.7 Å². The van der Waals surface area contributed by atoms with Gasteiger partial charge in [0.05, 0.1) is 25.9 Å². The van der Waals surface area contributed by atoms with E-state index in [1.165, 1.54) is 26.8 Å². The van der Waals surface area contributed by atoms with E-state index in [1.807, 2.05) is 0 Å². The average molecular weight is 430 g/mol. The number of aliphatic hydroxyl groups excluding tert-OH is 2. The number of hydrogen-bond donors (Lipinski definition) is 3. The molecule has 0 aromatic rings. The Morgan fingerprint density at radius 1 is 0.833 bits per heavy atom. The zero-order chi connectivity index (χ0) is 23.3. The molecule has 0 aromatic heterocycles. The summed E-state index contributed by atoms with van der Waals surface area (Å²) < 4.78 is 20.3. The summed E-state index contributed by atoms with van der Waals surface area (Å²) in [5, 5.41) is 28.6. The molecule has 0 rings (SSSR count). The number of carboxylic acid groups (broad SMARTS) is 1. The molecule has 0 saturated carbocycles. The van der Waals surface area contributed by atoms with Crippen LogP contribution in [-0.4, -0.2) is 84.6 Å². The van der Waals surface area contributed by atoms with Crippen molar-refractivity contribution in [3.8, 4) is 0 Å². The summed E-state index contributed by atoms with van der Waals surface area (Å²) in [4.78, 5) is 33.6. The van der Waals surface area contributed by atoms with Crippen molar-refractivity contribution in [3.63, 3.8) is 0 Å². The molecule has 3 unspecified atom stereocenters. The first kappa shape index (κ1) is 27.5. The molecule has 3 atom stereocenters. The Balaban J connectivity index is 4.58. The third kappa shape index (κ3) is 12.8. The molecule has 0 radical (unpaired) electrons. The molecule has 0 amide bonds. The Kier molecular flexibility index (Phi) is 13.2. The second-order valence-electron chi connectivity index (χ2n) is 6.63. The summed E-state index contributed by atoms with van der Waals surface area (Å²) in [7, 11) is 0. The highest BCUT2D eigenvalue weighted by molar-refractivity contribution is 5.87. The number of hydrogen-bond acceptors (Lipinski definition) is 9. The van der Waals surface area contributed by atoms with E-state index in [0.29, 0.717) is 0 Å². The van der Waals surface area contributed by atoms with Crippen molar-refractivity contribution in [3.05, 3.63) is 36.0 Å². The first-order valence-electron chi connectivity index (χ1n) is 9.06. The van der Waals surface area contributed by atoms with Crippen molar-refractivity contribution >= 4 is 17.9 Å². The van der Waals surface area contributed by atoms with Gasteiger partial charge in [0.15, 0.2) is 0 Å². The SMILES string of the molecule is C=C(C)C(=O)OCC(O)COCC(C=C(C)C(=O)O)OCC(O)COC(=O)C(=C)C. The lowest BCUT2D eigenvalue weighted by Crippen LogP contribution is -2.30. The topological polar surface area (TPSA) is 149 Å². The van der Waals surface area contributed by atoms with Crippen LogP contribution < -0.4 is 0 Å². The molecule has 0 aliphatic heterocycles. The third-order valence-corrected chi connectivity index (χ3v) is 3.38. The lowest BCUT2D eigenvalue weighted by atomic mass is 10.2. The summed E-state index contributed by atoms with van der Waals surface area (Å²) in [5.74, 6) is -2.46. The Hall–Kier alpha value is -2.53. The van der Waals surface area contributed by atoms with Gasteiger partial charge >= 0.3 is 17.9 Å². The fourth-order valence-corrected chi connectivity index (χ4v) is 1.74. The normalized spacial score (nSPS) is 14.4. The van der Waals surface area contributed by atoms with Gasteiger partial charge in [-0.3, -0.25) is 0 Å². The monoisotopic (exact) mass is 430 g/mol. The summed E-state index contributed by atoms with van der Waals surface area (Å²) >= 11 is 0. The fourth-order valence-electron chi connectivity index (χ4n) is 1.74. The minimum absolute atomic E-state index is 0.0114. The molecule has 0 spiro atoms. The fraction of sp³-hybridized carbons (Fsp3) is 0.550. The van der Waals surface area contributed by atoms with Crippen LogP contribution in [0.1, 0.15) is 20.8 Å². The first-order chi connectivity index (χ1) is 13.9. The Morgan fingerprint density at radius 3 is 1.73 bits per heavy atom. The largest absolute Gasteiger partial charge is 0.478 e. The van der Waals surface area contributed by atoms with Crippen LogP contribution in [0.2, 0.25) is 0 Å². The zero-order valence-electron chi connectivity index (χ0n) is 17.5. The highest BCUT2D eigenvalue weighted by Gasteiger charge is 2.16. The van der Waals surface area contributed by atoms with Crippen molar-refractivity contribution in [1.82, 2.24) is 0 Å². The molecule has 10 heteroatoms. The van der Waals surface area contributed by atoms with E-state index >= 15 is 0 Å². The van der Waals surface area contributed by atoms with Crippen molar-refractivity contribution in [2.45, 2.75) is 39.1 Å². The Bertz CT molecular complexity index is 652. The Labute approximate surface area is 175 Å². The van der Waals surface area contributed by atoms with Crippen molar-refractivity contribution in [1.29, 1.82) is 0 Å². The van der Waals surface area contributed by atoms with Crippen LogP contribution in [-0.2, 0) is 33.3 Å². The second-order valence-corrected chi connectivity index (χ2v) is 6.63. The maximum absolute atomic E-state index is 11.3. The molecule has 0 heterocycles. The minimum atomic E-state index is -1.16. The lowest BCUT2D eigenvalue weighted by molar-refractivity contribution is -0.145. The van der Waals surface area contributed by atoms with E-state index in [2.05, 4.69) is 13.2 Å². The number of esters is 2. The maximum atomic E-state index is 11.3. The van der Waals surface area contributed by atoms with Crippen LogP contribution in [0.25, 0.3) is 0 Å². The molecule has 0 fully saturated rings. The van der Waals surface area contributed by atoms with Gasteiger partial charge < -0.3 is 34.3 Å². The summed E-state index contributed by atoms with van der Waals surface area (Å²) in [5.41, 5.74) is 0.364. The number of carbonyl (C=O) groups excluding carboxylic acids is 2. The van der Waals surface area contributed by atoms with Crippen LogP contribution in [0.3, 0.4) is 0 Å². The quantitative estimate of drug-likeness (QED) is 0.246. The highest BCUT2D eigenvalue weighted by atomic mass is 16.6. The van der Waals surface area contributed by atoms with Gasteiger partial charge in [0, 0.05) is 16.7 Å². The van der Waals surface area contributed by atoms with Crippen molar-refractivity contribution in [2.24, 2.45) is 0 Å². The molecule has 170 valence electrons. The number of aliphatic carboxylic acids is 1. The van der Waals surface area contributed by atoms with Gasteiger partial charge in [-0.05, 0) is 26.8 Å². The van der Waals surface area contributed by atoms with Gasteiger partial charge in [-0.25, -0.2) is 14.4 Å². The molecule has 0 aromatic carbocycles. The highest BCUT2D eigenvalue weighted by Crippen LogP contribution is 2.05. The molecule has 0 bridgehead atoms. The van der Waals surface area contributed by atoms with Crippen LogP contribution in [0.5, 0.6) is 0 Å². The number of ether oxygens (including phenoxy) is 4. The molecular weight excluding hydrogens is 400 g/mol. The van der Waals surface area contributed by atoms with E-state index in [0.717, 1.165) is 0 Å². The van der Waals surface area contributed by atoms with Gasteiger partial charge in [0.1, 0.15) is 25.4 Å². The van der Waals surface area contributed by atoms with Gasteiger partial charge in [0.25, 0.3) is 0 Å². The second kappa shape index (κ2) is 14.5. The number of carboxylic acids is 1. The van der Waals surface area contributed by atoms with E-state index in [4.69, 9.17) is 24.1 Å². The predicted molar refractivity (Wildman–Crippen MR) is 106 cm³/mol. The van der Waals surface area contributed by atoms with Crippen molar-refractivity contribution in [2.75, 3.05) is 33.0 Å². The summed E-state index contributed by atoms with van der Waals surface area (Å²) in [6.45, 7) is 9.88. The van der Waals surface area contributed by atoms with Gasteiger partial charge in [0.2, 0.25) is 0 Å².